The van der Waals surface area contributed by atoms with Crippen molar-refractivity contribution in [2.24, 2.45) is 5.41 Å². The van der Waals surface area contributed by atoms with Gasteiger partial charge < -0.3 is 0 Å². The molecule has 0 radical (unpaired) electrons. The number of halogens is 2. The molecule has 74 valence electrons. The average molecular weight is 316 g/mol. The van der Waals surface area contributed by atoms with Crippen LogP contribution in [0.5, 0.6) is 0 Å². The zero-order chi connectivity index (χ0) is 9.83. The maximum absolute atomic E-state index is 3.64. The molecule has 0 nitrogen and oxygen atoms in total. The Bertz CT molecular complexity index is 117. The normalized spacial score (nSPS) is 13.5. The van der Waals surface area contributed by atoms with Crippen LogP contribution in [-0.2, 0) is 0 Å². The monoisotopic (exact) mass is 314 g/mol. The molecule has 0 atom stereocenters. The van der Waals surface area contributed by atoms with Gasteiger partial charge in [0.25, 0.3) is 0 Å². The lowest BCUT2D eigenvalue weighted by Gasteiger charge is -2.34. The van der Waals surface area contributed by atoms with Crippen molar-refractivity contribution in [1.29, 1.82) is 0 Å². The SMILES string of the molecule is CCC(CBr)(CBr)C[Si](C)(C)C. The molecule has 0 bridgehead atoms. The van der Waals surface area contributed by atoms with E-state index in [2.05, 4.69) is 58.4 Å². The van der Waals surface area contributed by atoms with E-state index < -0.39 is 8.07 Å². The van der Waals surface area contributed by atoms with Crippen molar-refractivity contribution in [3.8, 4) is 0 Å². The van der Waals surface area contributed by atoms with Gasteiger partial charge in [0, 0.05) is 18.7 Å². The van der Waals surface area contributed by atoms with E-state index in [1.807, 2.05) is 0 Å². The third kappa shape index (κ3) is 4.42. The molecule has 0 saturated carbocycles. The molecule has 0 unspecified atom stereocenters. The van der Waals surface area contributed by atoms with Crippen LogP contribution < -0.4 is 0 Å². The van der Waals surface area contributed by atoms with Crippen LogP contribution in [0.15, 0.2) is 0 Å². The first-order valence-corrected chi connectivity index (χ1v) is 10.5. The Balaban J connectivity index is 4.30. The van der Waals surface area contributed by atoms with Crippen molar-refractivity contribution in [2.75, 3.05) is 10.7 Å². The molecular formula is C9H20Br2Si. The molecule has 0 aliphatic rings. The Kier molecular flexibility index (Phi) is 5.66. The van der Waals surface area contributed by atoms with Crippen LogP contribution in [0.3, 0.4) is 0 Å². The fraction of sp³-hybridized carbons (Fsp3) is 1.00. The Hall–Kier alpha value is 1.18. The minimum atomic E-state index is -0.916. The molecule has 0 rings (SSSR count). The van der Waals surface area contributed by atoms with Gasteiger partial charge in [0.1, 0.15) is 0 Å². The van der Waals surface area contributed by atoms with E-state index in [0.29, 0.717) is 5.41 Å². The summed E-state index contributed by atoms with van der Waals surface area (Å²) >= 11 is 7.28. The largest absolute Gasteiger partial charge is 0.0922 e. The van der Waals surface area contributed by atoms with E-state index in [0.717, 1.165) is 10.7 Å². The fourth-order valence-corrected chi connectivity index (χ4v) is 7.17. The molecule has 0 fully saturated rings. The lowest BCUT2D eigenvalue weighted by atomic mass is 9.93. The summed E-state index contributed by atoms with van der Waals surface area (Å²) in [6, 6.07) is 1.41. The highest BCUT2D eigenvalue weighted by atomic mass is 79.9. The molecule has 3 heteroatoms. The second kappa shape index (κ2) is 5.16. The Morgan fingerprint density at radius 3 is 1.58 bits per heavy atom. The lowest BCUT2D eigenvalue weighted by Crippen LogP contribution is -2.34. The van der Waals surface area contributed by atoms with Gasteiger partial charge in [0.15, 0.2) is 0 Å². The summed E-state index contributed by atoms with van der Waals surface area (Å²) in [6.07, 6.45) is 1.27. The third-order valence-electron chi connectivity index (χ3n) is 2.22. The van der Waals surface area contributed by atoms with Crippen molar-refractivity contribution >= 4 is 39.9 Å². The molecule has 0 aromatic heterocycles. The van der Waals surface area contributed by atoms with Gasteiger partial charge in [-0.25, -0.2) is 0 Å². The standard InChI is InChI=1S/C9H20Br2Si/c1-5-9(6-10,7-11)8-12(2,3)4/h5-8H2,1-4H3. The summed E-state index contributed by atoms with van der Waals surface area (Å²) in [5, 5.41) is 2.26. The van der Waals surface area contributed by atoms with Crippen LogP contribution in [-0.4, -0.2) is 18.7 Å². The van der Waals surface area contributed by atoms with Gasteiger partial charge >= 0.3 is 0 Å². The molecule has 0 spiro atoms. The van der Waals surface area contributed by atoms with Gasteiger partial charge in [-0.15, -0.1) is 0 Å². The maximum atomic E-state index is 3.64. The second-order valence-corrected chi connectivity index (χ2v) is 11.5. The van der Waals surface area contributed by atoms with Crippen molar-refractivity contribution in [1.82, 2.24) is 0 Å². The summed E-state index contributed by atoms with van der Waals surface area (Å²) in [5.41, 5.74) is 0.504. The molecular weight excluding hydrogens is 296 g/mol. The second-order valence-electron chi connectivity index (χ2n) is 4.86. The number of hydrogen-bond acceptors (Lipinski definition) is 0. The van der Waals surface area contributed by atoms with E-state index in [4.69, 9.17) is 0 Å². The highest BCUT2D eigenvalue weighted by Gasteiger charge is 2.31. The highest BCUT2D eigenvalue weighted by Crippen LogP contribution is 2.36. The Morgan fingerprint density at radius 1 is 1.08 bits per heavy atom. The van der Waals surface area contributed by atoms with E-state index in [1.54, 1.807) is 0 Å². The highest BCUT2D eigenvalue weighted by molar-refractivity contribution is 9.09. The van der Waals surface area contributed by atoms with Crippen LogP contribution in [0.4, 0.5) is 0 Å². The van der Waals surface area contributed by atoms with E-state index >= 15 is 0 Å². The van der Waals surface area contributed by atoms with E-state index in [9.17, 15) is 0 Å². The van der Waals surface area contributed by atoms with Crippen molar-refractivity contribution in [3.63, 3.8) is 0 Å². The molecule has 0 saturated heterocycles. The lowest BCUT2D eigenvalue weighted by molar-refractivity contribution is 0.418. The topological polar surface area (TPSA) is 0 Å². The number of hydrogen-bond donors (Lipinski definition) is 0. The predicted molar refractivity (Wildman–Crippen MR) is 68.5 cm³/mol. The minimum absolute atomic E-state index is 0.504. The molecule has 0 aliphatic heterocycles. The van der Waals surface area contributed by atoms with Crippen molar-refractivity contribution in [2.45, 2.75) is 39.0 Å². The summed E-state index contributed by atoms with van der Waals surface area (Å²) in [7, 11) is -0.916. The van der Waals surface area contributed by atoms with E-state index in [1.165, 1.54) is 12.5 Å². The van der Waals surface area contributed by atoms with Crippen LogP contribution in [0, 0.1) is 5.41 Å². The summed E-state index contributed by atoms with van der Waals surface area (Å²) in [4.78, 5) is 0. The van der Waals surface area contributed by atoms with Crippen molar-refractivity contribution in [3.05, 3.63) is 0 Å². The summed E-state index contributed by atoms with van der Waals surface area (Å²) in [5.74, 6) is 0. The van der Waals surface area contributed by atoms with Crippen LogP contribution >= 0.6 is 31.9 Å². The maximum Gasteiger partial charge on any atom is 0.0448 e. The van der Waals surface area contributed by atoms with Crippen LogP contribution in [0.1, 0.15) is 13.3 Å². The van der Waals surface area contributed by atoms with Crippen LogP contribution in [0.25, 0.3) is 0 Å². The predicted octanol–water partition coefficient (Wildman–Crippen LogP) is 4.51. The van der Waals surface area contributed by atoms with Gasteiger partial charge in [-0.1, -0.05) is 64.5 Å². The minimum Gasteiger partial charge on any atom is -0.0922 e. The zero-order valence-electron chi connectivity index (χ0n) is 8.58. The number of rotatable bonds is 5. The molecule has 0 aliphatic carbocycles. The molecule has 0 amide bonds. The Labute approximate surface area is 94.8 Å². The zero-order valence-corrected chi connectivity index (χ0v) is 12.8. The van der Waals surface area contributed by atoms with Gasteiger partial charge in [0.05, 0.1) is 0 Å². The van der Waals surface area contributed by atoms with E-state index in [-0.39, 0.29) is 0 Å². The molecule has 0 heterocycles. The molecule has 0 aromatic carbocycles. The number of alkyl halides is 2. The first-order valence-electron chi connectivity index (χ1n) is 4.51. The van der Waals surface area contributed by atoms with Crippen molar-refractivity contribution < 1.29 is 0 Å². The van der Waals surface area contributed by atoms with Gasteiger partial charge in [-0.3, -0.25) is 0 Å². The molecule has 0 N–H and O–H groups in total. The molecule has 0 aromatic rings. The first kappa shape index (κ1) is 13.2. The fourth-order valence-electron chi connectivity index (χ4n) is 1.57. The van der Waals surface area contributed by atoms with Gasteiger partial charge in [-0.05, 0) is 11.8 Å². The average Bonchev–Trinajstić information content (AvgIpc) is 1.99. The van der Waals surface area contributed by atoms with Gasteiger partial charge in [0.2, 0.25) is 0 Å². The first-order chi connectivity index (χ1) is 5.39. The molecule has 12 heavy (non-hydrogen) atoms. The quantitative estimate of drug-likeness (QED) is 0.517. The Morgan fingerprint density at radius 2 is 1.50 bits per heavy atom. The van der Waals surface area contributed by atoms with Crippen LogP contribution in [0.2, 0.25) is 25.7 Å². The summed E-state index contributed by atoms with van der Waals surface area (Å²) in [6.45, 7) is 9.64. The smallest absolute Gasteiger partial charge is 0.0448 e. The summed E-state index contributed by atoms with van der Waals surface area (Å²) < 4.78 is 0. The third-order valence-corrected chi connectivity index (χ3v) is 6.41. The van der Waals surface area contributed by atoms with Gasteiger partial charge in [-0.2, -0.15) is 0 Å².